The van der Waals surface area contributed by atoms with Crippen molar-refractivity contribution in [2.24, 2.45) is 11.7 Å². The maximum absolute atomic E-state index is 12.4. The van der Waals surface area contributed by atoms with E-state index in [2.05, 4.69) is 4.72 Å². The first-order valence-electron chi connectivity index (χ1n) is 7.33. The Morgan fingerprint density at radius 3 is 2.55 bits per heavy atom. The molecule has 1 unspecified atom stereocenters. The Morgan fingerprint density at radius 2 is 2.00 bits per heavy atom. The summed E-state index contributed by atoms with van der Waals surface area (Å²) in [7, 11) is -3.40. The molecule has 1 aliphatic heterocycles. The molecule has 6 nitrogen and oxygen atoms in total. The van der Waals surface area contributed by atoms with Crippen molar-refractivity contribution in [1.82, 2.24) is 9.62 Å². The third kappa shape index (κ3) is 4.06. The van der Waals surface area contributed by atoms with Gasteiger partial charge in [0, 0.05) is 19.0 Å². The van der Waals surface area contributed by atoms with Gasteiger partial charge in [0.15, 0.2) is 0 Å². The molecule has 122 valence electrons. The molecular weight excluding hydrogens is 302 g/mol. The molecule has 22 heavy (non-hydrogen) atoms. The molecule has 0 spiro atoms. The van der Waals surface area contributed by atoms with Gasteiger partial charge in [-0.2, -0.15) is 0 Å². The Labute approximate surface area is 131 Å². The summed E-state index contributed by atoms with van der Waals surface area (Å²) in [6.07, 6.45) is 1.05. The number of nitrogens with two attached hydrogens (primary N) is 1. The topological polar surface area (TPSA) is 92.5 Å². The summed E-state index contributed by atoms with van der Waals surface area (Å²) >= 11 is 0. The van der Waals surface area contributed by atoms with E-state index < -0.39 is 16.1 Å². The molecule has 1 amide bonds. The van der Waals surface area contributed by atoms with Gasteiger partial charge in [-0.1, -0.05) is 30.3 Å². The van der Waals surface area contributed by atoms with Gasteiger partial charge in [-0.05, 0) is 24.9 Å². The lowest BCUT2D eigenvalue weighted by molar-refractivity contribution is -0.131. The number of rotatable bonds is 5. The van der Waals surface area contributed by atoms with Crippen LogP contribution in [0.2, 0.25) is 0 Å². The van der Waals surface area contributed by atoms with Crippen LogP contribution >= 0.6 is 0 Å². The summed E-state index contributed by atoms with van der Waals surface area (Å²) in [6.45, 7) is 3.19. The van der Waals surface area contributed by atoms with E-state index in [1.54, 1.807) is 11.8 Å². The first kappa shape index (κ1) is 16.9. The van der Waals surface area contributed by atoms with Crippen molar-refractivity contribution in [2.45, 2.75) is 18.9 Å². The minimum atomic E-state index is -3.40. The minimum absolute atomic E-state index is 0.191. The summed E-state index contributed by atoms with van der Waals surface area (Å²) in [5, 5.41) is 0. The van der Waals surface area contributed by atoms with Crippen LogP contribution in [0.15, 0.2) is 30.3 Å². The van der Waals surface area contributed by atoms with Gasteiger partial charge in [0.05, 0.1) is 12.3 Å². The van der Waals surface area contributed by atoms with Crippen molar-refractivity contribution in [2.75, 3.05) is 25.9 Å². The number of carbonyl (C=O) groups excluding carboxylic acids is 1. The first-order chi connectivity index (χ1) is 10.3. The highest BCUT2D eigenvalue weighted by molar-refractivity contribution is 7.88. The molecule has 1 fully saturated rings. The Morgan fingerprint density at radius 1 is 1.36 bits per heavy atom. The van der Waals surface area contributed by atoms with Crippen LogP contribution in [0.5, 0.6) is 0 Å². The van der Waals surface area contributed by atoms with Gasteiger partial charge in [-0.15, -0.1) is 0 Å². The second-order valence-electron chi connectivity index (χ2n) is 5.87. The summed E-state index contributed by atoms with van der Waals surface area (Å²) in [4.78, 5) is 14.1. The molecule has 1 heterocycles. The number of hydrogen-bond acceptors (Lipinski definition) is 4. The highest BCUT2D eigenvalue weighted by Crippen LogP contribution is 2.32. The van der Waals surface area contributed by atoms with Gasteiger partial charge in [0.1, 0.15) is 0 Å². The van der Waals surface area contributed by atoms with Gasteiger partial charge in [-0.25, -0.2) is 13.1 Å². The maximum Gasteiger partial charge on any atom is 0.240 e. The lowest BCUT2D eigenvalue weighted by atomic mass is 9.89. The third-order valence-corrected chi connectivity index (χ3v) is 4.83. The summed E-state index contributed by atoms with van der Waals surface area (Å²) in [6, 6.07) is 9.22. The molecule has 3 N–H and O–H groups in total. The van der Waals surface area contributed by atoms with E-state index in [1.807, 2.05) is 30.3 Å². The largest absolute Gasteiger partial charge is 0.340 e. The third-order valence-electron chi connectivity index (χ3n) is 4.04. The molecule has 7 heteroatoms. The van der Waals surface area contributed by atoms with Crippen LogP contribution < -0.4 is 10.5 Å². The van der Waals surface area contributed by atoms with E-state index in [-0.39, 0.29) is 17.7 Å². The molecular formula is C15H23N3O3S. The van der Waals surface area contributed by atoms with Gasteiger partial charge in [-0.3, -0.25) is 4.79 Å². The standard InChI is InChI=1S/C15H23N3O3S/c1-11(17-22(2,20)21)15(19)18-9-13(8-16)14(10-18)12-6-4-3-5-7-12/h3-7,11,13-14,17H,8-10,16H2,1-2H3/t11?,13-,14+/m1/s1. The summed E-state index contributed by atoms with van der Waals surface area (Å²) in [5.74, 6) is 0.180. The second-order valence-corrected chi connectivity index (χ2v) is 7.65. The molecule has 0 bridgehead atoms. The van der Waals surface area contributed by atoms with Gasteiger partial charge in [0.25, 0.3) is 0 Å². The number of carbonyl (C=O) groups is 1. The number of nitrogens with zero attached hydrogens (tertiary/aromatic N) is 1. The molecule has 2 rings (SSSR count). The normalized spacial score (nSPS) is 23.5. The van der Waals surface area contributed by atoms with Crippen molar-refractivity contribution in [3.8, 4) is 0 Å². The van der Waals surface area contributed by atoms with E-state index in [9.17, 15) is 13.2 Å². The van der Waals surface area contributed by atoms with Crippen molar-refractivity contribution < 1.29 is 13.2 Å². The monoisotopic (exact) mass is 325 g/mol. The van der Waals surface area contributed by atoms with Crippen LogP contribution in [0.3, 0.4) is 0 Å². The van der Waals surface area contributed by atoms with Crippen LogP contribution in [0, 0.1) is 5.92 Å². The highest BCUT2D eigenvalue weighted by atomic mass is 32.2. The summed E-state index contributed by atoms with van der Waals surface area (Å²) < 4.78 is 24.9. The van der Waals surface area contributed by atoms with Gasteiger partial charge < -0.3 is 10.6 Å². The minimum Gasteiger partial charge on any atom is -0.340 e. The smallest absolute Gasteiger partial charge is 0.240 e. The van der Waals surface area contributed by atoms with Crippen molar-refractivity contribution in [3.63, 3.8) is 0 Å². The lowest BCUT2D eigenvalue weighted by Gasteiger charge is -2.21. The zero-order chi connectivity index (χ0) is 16.3. The Balaban J connectivity index is 2.10. The van der Waals surface area contributed by atoms with Crippen molar-refractivity contribution in [1.29, 1.82) is 0 Å². The SMILES string of the molecule is CC(NS(C)(=O)=O)C(=O)N1C[C@@H](CN)[C@H](c2ccccc2)C1. The summed E-state index contributed by atoms with van der Waals surface area (Å²) in [5.41, 5.74) is 7.02. The molecule has 3 atom stereocenters. The fourth-order valence-corrected chi connectivity index (χ4v) is 3.76. The average Bonchev–Trinajstić information content (AvgIpc) is 2.89. The predicted octanol–water partition coefficient (Wildman–Crippen LogP) is 0.125. The molecule has 1 aromatic carbocycles. The first-order valence-corrected chi connectivity index (χ1v) is 9.22. The van der Waals surface area contributed by atoms with Crippen LogP contribution in [0.4, 0.5) is 0 Å². The number of nitrogens with one attached hydrogen (secondary N) is 1. The zero-order valence-electron chi connectivity index (χ0n) is 12.9. The van der Waals surface area contributed by atoms with Crippen molar-refractivity contribution >= 4 is 15.9 Å². The van der Waals surface area contributed by atoms with E-state index >= 15 is 0 Å². The van der Waals surface area contributed by atoms with Gasteiger partial charge >= 0.3 is 0 Å². The van der Waals surface area contributed by atoms with E-state index in [1.165, 1.54) is 0 Å². The quantitative estimate of drug-likeness (QED) is 0.804. The molecule has 1 aliphatic rings. The number of benzene rings is 1. The van der Waals surface area contributed by atoms with Crippen LogP contribution in [0.1, 0.15) is 18.4 Å². The molecule has 0 aromatic heterocycles. The number of likely N-dealkylation sites (tertiary alicyclic amines) is 1. The predicted molar refractivity (Wildman–Crippen MR) is 85.7 cm³/mol. The second kappa shape index (κ2) is 6.76. The average molecular weight is 325 g/mol. The van der Waals surface area contributed by atoms with E-state index in [4.69, 9.17) is 5.73 Å². The van der Waals surface area contributed by atoms with Crippen LogP contribution in [-0.4, -0.2) is 51.2 Å². The molecule has 0 saturated carbocycles. The highest BCUT2D eigenvalue weighted by Gasteiger charge is 2.36. The number of hydrogen-bond donors (Lipinski definition) is 2. The van der Waals surface area contributed by atoms with Crippen LogP contribution in [-0.2, 0) is 14.8 Å². The molecule has 0 aliphatic carbocycles. The van der Waals surface area contributed by atoms with Crippen molar-refractivity contribution in [3.05, 3.63) is 35.9 Å². The fourth-order valence-electron chi connectivity index (χ4n) is 3.01. The molecule has 1 aromatic rings. The fraction of sp³-hybridized carbons (Fsp3) is 0.533. The maximum atomic E-state index is 12.4. The lowest BCUT2D eigenvalue weighted by Crippen LogP contribution is -2.46. The zero-order valence-corrected chi connectivity index (χ0v) is 13.7. The van der Waals surface area contributed by atoms with E-state index in [0.717, 1.165) is 11.8 Å². The van der Waals surface area contributed by atoms with Crippen LogP contribution in [0.25, 0.3) is 0 Å². The Kier molecular flexibility index (Phi) is 5.20. The van der Waals surface area contributed by atoms with E-state index in [0.29, 0.717) is 19.6 Å². The van der Waals surface area contributed by atoms with Gasteiger partial charge in [0.2, 0.25) is 15.9 Å². The number of sulfonamides is 1. The number of amides is 1. The Bertz CT molecular complexity index is 618. The molecule has 0 radical (unpaired) electrons. The Hall–Kier alpha value is -1.44. The molecule has 1 saturated heterocycles.